The monoisotopic (exact) mass is 226 g/mol. The second-order valence-electron chi connectivity index (χ2n) is 2.86. The Morgan fingerprint density at radius 1 is 1.53 bits per heavy atom. The van der Waals surface area contributed by atoms with Crippen molar-refractivity contribution in [2.75, 3.05) is 13.0 Å². The zero-order chi connectivity index (χ0) is 11.3. The van der Waals surface area contributed by atoms with Crippen molar-refractivity contribution in [3.05, 3.63) is 35.4 Å². The number of rotatable bonds is 4. The summed E-state index contributed by atoms with van der Waals surface area (Å²) in [5.41, 5.74) is 0.955. The normalized spacial score (nSPS) is 10.5. The number of benzene rings is 1. The second kappa shape index (κ2) is 5.41. The van der Waals surface area contributed by atoms with Crippen molar-refractivity contribution >= 4 is 23.6 Å². The molecule has 4 heteroatoms. The molecule has 0 saturated heterocycles. The van der Waals surface area contributed by atoms with Crippen LogP contribution < -0.4 is 4.74 Å². The largest absolute Gasteiger partial charge is 0.497 e. The van der Waals surface area contributed by atoms with Crippen molar-refractivity contribution in [3.63, 3.8) is 0 Å². The number of carbonyl (C=O) groups is 1. The van der Waals surface area contributed by atoms with E-state index in [0.717, 1.165) is 5.56 Å². The Morgan fingerprint density at radius 3 is 2.80 bits per heavy atom. The first kappa shape index (κ1) is 11.6. The molecule has 0 spiro atoms. The zero-order valence-corrected chi connectivity index (χ0v) is 8.99. The van der Waals surface area contributed by atoms with Crippen molar-refractivity contribution in [1.82, 2.24) is 0 Å². The molecule has 0 saturated carbocycles. The highest BCUT2D eigenvalue weighted by molar-refractivity contribution is 6.19. The number of hydrogen-bond donors (Lipinski definition) is 1. The molecule has 0 bridgehead atoms. The zero-order valence-electron chi connectivity index (χ0n) is 8.24. The summed E-state index contributed by atoms with van der Waals surface area (Å²) in [6.07, 6.45) is 3.49. The van der Waals surface area contributed by atoms with Gasteiger partial charge >= 0.3 is 5.97 Å². The van der Waals surface area contributed by atoms with Gasteiger partial charge in [0.05, 0.1) is 12.7 Å². The molecule has 15 heavy (non-hydrogen) atoms. The Labute approximate surface area is 92.9 Å². The summed E-state index contributed by atoms with van der Waals surface area (Å²) in [4.78, 5) is 10.8. The molecule has 0 radical (unpaired) electrons. The molecule has 0 aliphatic heterocycles. The summed E-state index contributed by atoms with van der Waals surface area (Å²) >= 11 is 5.49. The van der Waals surface area contributed by atoms with Crippen molar-refractivity contribution in [2.45, 2.75) is 0 Å². The van der Waals surface area contributed by atoms with Gasteiger partial charge in [-0.2, -0.15) is 0 Å². The fourth-order valence-corrected chi connectivity index (χ4v) is 1.23. The van der Waals surface area contributed by atoms with Crippen LogP contribution in [0.2, 0.25) is 0 Å². The average Bonchev–Trinajstić information content (AvgIpc) is 2.25. The average molecular weight is 227 g/mol. The number of allylic oxidation sites excluding steroid dienone is 1. The van der Waals surface area contributed by atoms with E-state index in [1.165, 1.54) is 13.2 Å². The summed E-state index contributed by atoms with van der Waals surface area (Å²) in [5.74, 6) is -0.0712. The van der Waals surface area contributed by atoms with Gasteiger partial charge in [0, 0.05) is 5.88 Å². The van der Waals surface area contributed by atoms with Crippen LogP contribution in [0.25, 0.3) is 6.08 Å². The highest BCUT2D eigenvalue weighted by Gasteiger charge is 2.05. The smallest absolute Gasteiger partial charge is 0.335 e. The molecule has 0 aliphatic carbocycles. The molecule has 0 aliphatic rings. The van der Waals surface area contributed by atoms with Crippen LogP contribution in [0.4, 0.5) is 0 Å². The molecule has 0 heterocycles. The number of carboxylic acids is 1. The molecule has 0 atom stereocenters. The Balaban J connectivity index is 3.11. The van der Waals surface area contributed by atoms with E-state index < -0.39 is 5.97 Å². The predicted molar refractivity (Wildman–Crippen MR) is 59.7 cm³/mol. The summed E-state index contributed by atoms with van der Waals surface area (Å²) < 4.78 is 5.00. The van der Waals surface area contributed by atoms with Crippen LogP contribution in [0.1, 0.15) is 15.9 Å². The first-order chi connectivity index (χ1) is 7.17. The van der Waals surface area contributed by atoms with Crippen LogP contribution in [0.15, 0.2) is 24.3 Å². The van der Waals surface area contributed by atoms with Gasteiger partial charge in [0.2, 0.25) is 0 Å². The van der Waals surface area contributed by atoms with Crippen molar-refractivity contribution < 1.29 is 14.6 Å². The first-order valence-electron chi connectivity index (χ1n) is 4.32. The molecule has 0 aromatic heterocycles. The van der Waals surface area contributed by atoms with Crippen LogP contribution in [-0.4, -0.2) is 24.1 Å². The standard InChI is InChI=1S/C11H11ClO3/c1-15-10-6-8(3-2-4-12)5-9(7-10)11(13)14/h2-3,5-7H,4H2,1H3,(H,13,14). The van der Waals surface area contributed by atoms with Crippen molar-refractivity contribution in [2.24, 2.45) is 0 Å². The third kappa shape index (κ3) is 3.29. The number of alkyl halides is 1. The summed E-state index contributed by atoms with van der Waals surface area (Å²) in [5, 5.41) is 8.85. The topological polar surface area (TPSA) is 46.5 Å². The molecule has 1 rings (SSSR count). The summed E-state index contributed by atoms with van der Waals surface area (Å²) in [7, 11) is 1.50. The fourth-order valence-electron chi connectivity index (χ4n) is 1.14. The van der Waals surface area contributed by atoms with E-state index in [4.69, 9.17) is 21.4 Å². The van der Waals surface area contributed by atoms with Crippen LogP contribution in [0, 0.1) is 0 Å². The van der Waals surface area contributed by atoms with Gasteiger partial charge in [-0.05, 0) is 23.8 Å². The van der Waals surface area contributed by atoms with Crippen molar-refractivity contribution in [3.8, 4) is 5.75 Å². The molecule has 1 aromatic rings. The molecule has 0 amide bonds. The lowest BCUT2D eigenvalue weighted by atomic mass is 10.1. The molecule has 1 aromatic carbocycles. The molecule has 3 nitrogen and oxygen atoms in total. The molecule has 0 unspecified atom stereocenters. The maximum atomic E-state index is 10.8. The number of carboxylic acid groups (broad SMARTS) is 1. The maximum absolute atomic E-state index is 10.8. The SMILES string of the molecule is COc1cc(C=CCCl)cc(C(=O)O)c1. The molecule has 1 N–H and O–H groups in total. The third-order valence-corrected chi connectivity index (χ3v) is 1.99. The van der Waals surface area contributed by atoms with E-state index in [9.17, 15) is 4.79 Å². The van der Waals surface area contributed by atoms with E-state index in [-0.39, 0.29) is 5.56 Å². The summed E-state index contributed by atoms with van der Waals surface area (Å²) in [6.45, 7) is 0. The van der Waals surface area contributed by atoms with Gasteiger partial charge in [0.1, 0.15) is 5.75 Å². The highest BCUT2D eigenvalue weighted by Crippen LogP contribution is 2.18. The van der Waals surface area contributed by atoms with E-state index >= 15 is 0 Å². The Bertz CT molecular complexity index is 385. The minimum absolute atomic E-state index is 0.198. The van der Waals surface area contributed by atoms with Gasteiger partial charge in [-0.3, -0.25) is 0 Å². The first-order valence-corrected chi connectivity index (χ1v) is 4.85. The third-order valence-electron chi connectivity index (χ3n) is 1.81. The van der Waals surface area contributed by atoms with Gasteiger partial charge in [-0.1, -0.05) is 12.2 Å². The number of halogens is 1. The van der Waals surface area contributed by atoms with Gasteiger partial charge in [-0.15, -0.1) is 11.6 Å². The van der Waals surface area contributed by atoms with Gasteiger partial charge in [-0.25, -0.2) is 4.79 Å². The van der Waals surface area contributed by atoms with Crippen LogP contribution in [-0.2, 0) is 0 Å². The van der Waals surface area contributed by atoms with Crippen molar-refractivity contribution in [1.29, 1.82) is 0 Å². The van der Waals surface area contributed by atoms with E-state index in [0.29, 0.717) is 11.6 Å². The highest BCUT2D eigenvalue weighted by atomic mass is 35.5. The lowest BCUT2D eigenvalue weighted by Crippen LogP contribution is -1.97. The van der Waals surface area contributed by atoms with Gasteiger partial charge < -0.3 is 9.84 Å². The fraction of sp³-hybridized carbons (Fsp3) is 0.182. The lowest BCUT2D eigenvalue weighted by Gasteiger charge is -2.03. The van der Waals surface area contributed by atoms with E-state index in [1.54, 1.807) is 24.3 Å². The number of aromatic carboxylic acids is 1. The molecule has 80 valence electrons. The Kier molecular flexibility index (Phi) is 4.18. The van der Waals surface area contributed by atoms with Crippen LogP contribution in [0.5, 0.6) is 5.75 Å². The lowest BCUT2D eigenvalue weighted by molar-refractivity contribution is 0.0696. The predicted octanol–water partition coefficient (Wildman–Crippen LogP) is 2.65. The van der Waals surface area contributed by atoms with Gasteiger partial charge in [0.25, 0.3) is 0 Å². The minimum Gasteiger partial charge on any atom is -0.497 e. The number of methoxy groups -OCH3 is 1. The van der Waals surface area contributed by atoms with Crippen LogP contribution in [0.3, 0.4) is 0 Å². The Morgan fingerprint density at radius 2 is 2.27 bits per heavy atom. The quantitative estimate of drug-likeness (QED) is 0.803. The number of ether oxygens (including phenoxy) is 1. The van der Waals surface area contributed by atoms with Crippen LogP contribution >= 0.6 is 11.6 Å². The summed E-state index contributed by atoms with van der Waals surface area (Å²) in [6, 6.07) is 4.78. The Hall–Kier alpha value is -1.48. The second-order valence-corrected chi connectivity index (χ2v) is 3.17. The molecular formula is C11H11ClO3. The van der Waals surface area contributed by atoms with E-state index in [2.05, 4.69) is 0 Å². The maximum Gasteiger partial charge on any atom is 0.335 e. The number of hydrogen-bond acceptors (Lipinski definition) is 2. The molecular weight excluding hydrogens is 216 g/mol. The minimum atomic E-state index is -0.977. The van der Waals surface area contributed by atoms with Gasteiger partial charge in [0.15, 0.2) is 0 Å². The van der Waals surface area contributed by atoms with E-state index in [1.807, 2.05) is 0 Å². The molecule has 0 fully saturated rings.